The minimum Gasteiger partial charge on any atom is -0.377 e. The highest BCUT2D eigenvalue weighted by Crippen LogP contribution is 2.20. The van der Waals surface area contributed by atoms with Gasteiger partial charge < -0.3 is 10.1 Å². The molecule has 0 aliphatic carbocycles. The number of hydrogen-bond donors (Lipinski definition) is 1. The lowest BCUT2D eigenvalue weighted by Crippen LogP contribution is -2.49. The number of fused-ring (bicyclic) bond motifs is 1. The van der Waals surface area contributed by atoms with Crippen molar-refractivity contribution in [1.29, 1.82) is 0 Å². The molecule has 3 heterocycles. The fourth-order valence-corrected chi connectivity index (χ4v) is 2.67. The molecule has 6 nitrogen and oxygen atoms in total. The molecule has 1 saturated heterocycles. The van der Waals surface area contributed by atoms with Gasteiger partial charge in [0.1, 0.15) is 5.56 Å². The van der Waals surface area contributed by atoms with E-state index >= 15 is 0 Å². The van der Waals surface area contributed by atoms with Gasteiger partial charge >= 0.3 is 0 Å². The molecule has 0 aromatic carbocycles. The Morgan fingerprint density at radius 1 is 1.59 bits per heavy atom. The molecule has 1 aromatic rings. The van der Waals surface area contributed by atoms with Gasteiger partial charge in [-0.2, -0.15) is 0 Å². The zero-order chi connectivity index (χ0) is 11.8. The van der Waals surface area contributed by atoms with Crippen molar-refractivity contribution in [2.24, 2.45) is 0 Å². The molecule has 7 heteroatoms. The zero-order valence-electron chi connectivity index (χ0n) is 9.01. The summed E-state index contributed by atoms with van der Waals surface area (Å²) in [6.07, 6.45) is 1.36. The van der Waals surface area contributed by atoms with Crippen molar-refractivity contribution in [2.45, 2.75) is 17.7 Å². The Kier molecular flexibility index (Phi) is 2.64. The highest BCUT2D eigenvalue weighted by Gasteiger charge is 2.24. The van der Waals surface area contributed by atoms with Crippen LogP contribution >= 0.6 is 11.8 Å². The number of carbonyl (C=O) groups is 1. The van der Waals surface area contributed by atoms with Crippen LogP contribution in [0.1, 0.15) is 10.4 Å². The number of rotatable bonds is 2. The topological polar surface area (TPSA) is 73.2 Å². The molecule has 0 saturated carbocycles. The highest BCUT2D eigenvalue weighted by atomic mass is 32.2. The summed E-state index contributed by atoms with van der Waals surface area (Å²) < 4.78 is 6.51. The second kappa shape index (κ2) is 4.15. The molecule has 0 spiro atoms. The summed E-state index contributed by atoms with van der Waals surface area (Å²) in [7, 11) is 0. The average Bonchev–Trinajstić information content (AvgIpc) is 2.72. The van der Waals surface area contributed by atoms with Crippen molar-refractivity contribution >= 4 is 17.7 Å². The van der Waals surface area contributed by atoms with Gasteiger partial charge in [-0.25, -0.2) is 4.98 Å². The van der Waals surface area contributed by atoms with E-state index in [1.54, 1.807) is 4.57 Å². The Morgan fingerprint density at radius 3 is 3.12 bits per heavy atom. The molecule has 1 fully saturated rings. The summed E-state index contributed by atoms with van der Waals surface area (Å²) >= 11 is 1.53. The fraction of sp³-hybridized carbons (Fsp3) is 0.500. The van der Waals surface area contributed by atoms with Gasteiger partial charge in [0, 0.05) is 18.5 Å². The van der Waals surface area contributed by atoms with E-state index in [1.807, 2.05) is 0 Å². The number of aromatic nitrogens is 2. The maximum absolute atomic E-state index is 12.0. The maximum Gasteiger partial charge on any atom is 0.267 e. The maximum atomic E-state index is 12.0. The first kappa shape index (κ1) is 10.8. The SMILES string of the molecule is O=C(NC1COC1)c1cnc2n(c1=O)CCS2. The minimum atomic E-state index is -0.358. The summed E-state index contributed by atoms with van der Waals surface area (Å²) in [5.74, 6) is 0.479. The van der Waals surface area contributed by atoms with Crippen molar-refractivity contribution in [3.8, 4) is 0 Å². The molecule has 1 N–H and O–H groups in total. The largest absolute Gasteiger partial charge is 0.377 e. The van der Waals surface area contributed by atoms with Crippen LogP contribution in [-0.2, 0) is 11.3 Å². The van der Waals surface area contributed by atoms with Gasteiger partial charge in [-0.05, 0) is 0 Å². The summed E-state index contributed by atoms with van der Waals surface area (Å²) in [6.45, 7) is 1.65. The van der Waals surface area contributed by atoms with Crippen LogP contribution in [0.15, 0.2) is 16.1 Å². The molecule has 1 amide bonds. The molecular formula is C10H11N3O3S. The van der Waals surface area contributed by atoms with Crippen LogP contribution in [0, 0.1) is 0 Å². The standard InChI is InChI=1S/C10H11N3O3S/c14-8(12-6-4-16-5-6)7-3-11-10-13(9(7)15)1-2-17-10/h3,6H,1-2,4-5H2,(H,12,14). The Morgan fingerprint density at radius 2 is 2.41 bits per heavy atom. The first-order chi connectivity index (χ1) is 8.25. The monoisotopic (exact) mass is 253 g/mol. The van der Waals surface area contributed by atoms with Crippen LogP contribution in [-0.4, -0.2) is 40.5 Å². The molecule has 0 bridgehead atoms. The first-order valence-electron chi connectivity index (χ1n) is 5.37. The molecule has 0 radical (unpaired) electrons. The zero-order valence-corrected chi connectivity index (χ0v) is 9.83. The number of nitrogens with one attached hydrogen (secondary N) is 1. The second-order valence-electron chi connectivity index (χ2n) is 3.97. The van der Waals surface area contributed by atoms with E-state index in [0.29, 0.717) is 24.9 Å². The van der Waals surface area contributed by atoms with E-state index in [9.17, 15) is 9.59 Å². The summed E-state index contributed by atoms with van der Waals surface area (Å²) in [6, 6.07) is 0.0227. The Labute approximate surface area is 101 Å². The molecule has 2 aliphatic heterocycles. The van der Waals surface area contributed by atoms with Crippen LogP contribution in [0.3, 0.4) is 0 Å². The summed E-state index contributed by atoms with van der Waals surface area (Å²) in [4.78, 5) is 28.0. The van der Waals surface area contributed by atoms with Gasteiger partial charge in [-0.15, -0.1) is 0 Å². The number of amides is 1. The predicted molar refractivity (Wildman–Crippen MR) is 61.3 cm³/mol. The minimum absolute atomic E-state index is 0.0227. The van der Waals surface area contributed by atoms with Crippen LogP contribution in [0.25, 0.3) is 0 Å². The highest BCUT2D eigenvalue weighted by molar-refractivity contribution is 7.99. The number of thioether (sulfide) groups is 1. The average molecular weight is 253 g/mol. The van der Waals surface area contributed by atoms with Gasteiger partial charge in [0.15, 0.2) is 5.16 Å². The van der Waals surface area contributed by atoms with Gasteiger partial charge in [0.05, 0.1) is 19.3 Å². The Hall–Kier alpha value is -1.34. The Bertz CT molecular complexity index is 524. The van der Waals surface area contributed by atoms with Crippen LogP contribution in [0.2, 0.25) is 0 Å². The summed E-state index contributed by atoms with van der Waals surface area (Å²) in [5, 5.41) is 3.43. The predicted octanol–water partition coefficient (Wildman–Crippen LogP) is -0.522. The lowest BCUT2D eigenvalue weighted by atomic mass is 10.2. The van der Waals surface area contributed by atoms with Crippen molar-refractivity contribution in [1.82, 2.24) is 14.9 Å². The molecule has 1 aromatic heterocycles. The normalized spacial score (nSPS) is 18.6. The van der Waals surface area contributed by atoms with Crippen LogP contribution in [0.4, 0.5) is 0 Å². The van der Waals surface area contributed by atoms with E-state index in [2.05, 4.69) is 10.3 Å². The lowest BCUT2D eigenvalue weighted by Gasteiger charge is -2.26. The smallest absolute Gasteiger partial charge is 0.267 e. The number of ether oxygens (including phenoxy) is 1. The van der Waals surface area contributed by atoms with E-state index in [4.69, 9.17) is 4.74 Å². The lowest BCUT2D eigenvalue weighted by molar-refractivity contribution is -0.00351. The third-order valence-corrected chi connectivity index (χ3v) is 3.75. The van der Waals surface area contributed by atoms with Crippen molar-refractivity contribution < 1.29 is 9.53 Å². The van der Waals surface area contributed by atoms with E-state index in [-0.39, 0.29) is 23.1 Å². The van der Waals surface area contributed by atoms with E-state index < -0.39 is 0 Å². The molecule has 0 unspecified atom stereocenters. The number of nitrogens with zero attached hydrogens (tertiary/aromatic N) is 2. The Balaban J connectivity index is 1.87. The quantitative estimate of drug-likeness (QED) is 0.718. The fourth-order valence-electron chi connectivity index (χ4n) is 1.76. The van der Waals surface area contributed by atoms with Gasteiger partial charge in [-0.3, -0.25) is 14.2 Å². The molecule has 2 aliphatic rings. The van der Waals surface area contributed by atoms with E-state index in [1.165, 1.54) is 18.0 Å². The van der Waals surface area contributed by atoms with Crippen LogP contribution in [0.5, 0.6) is 0 Å². The third-order valence-electron chi connectivity index (χ3n) is 2.77. The van der Waals surface area contributed by atoms with Gasteiger partial charge in [-0.1, -0.05) is 11.8 Å². The van der Waals surface area contributed by atoms with Crippen molar-refractivity contribution in [2.75, 3.05) is 19.0 Å². The molecule has 17 heavy (non-hydrogen) atoms. The number of hydrogen-bond acceptors (Lipinski definition) is 5. The van der Waals surface area contributed by atoms with Gasteiger partial charge in [0.2, 0.25) is 0 Å². The van der Waals surface area contributed by atoms with Crippen LogP contribution < -0.4 is 10.9 Å². The van der Waals surface area contributed by atoms with E-state index in [0.717, 1.165) is 5.75 Å². The van der Waals surface area contributed by atoms with Crippen molar-refractivity contribution in [3.63, 3.8) is 0 Å². The van der Waals surface area contributed by atoms with Crippen molar-refractivity contribution in [3.05, 3.63) is 22.1 Å². The summed E-state index contributed by atoms with van der Waals surface area (Å²) in [5.41, 5.74) is -0.138. The van der Waals surface area contributed by atoms with Gasteiger partial charge in [0.25, 0.3) is 11.5 Å². The first-order valence-corrected chi connectivity index (χ1v) is 6.35. The molecule has 90 valence electrons. The number of carbonyl (C=O) groups excluding carboxylic acids is 1. The second-order valence-corrected chi connectivity index (χ2v) is 5.03. The molecule has 3 rings (SSSR count). The molecular weight excluding hydrogens is 242 g/mol. The molecule has 0 atom stereocenters. The third kappa shape index (κ3) is 1.85.